The normalized spacial score (nSPS) is 23.9. The summed E-state index contributed by atoms with van der Waals surface area (Å²) >= 11 is 13.2. The first-order chi connectivity index (χ1) is 27.2. The topological polar surface area (TPSA) is 225 Å². The van der Waals surface area contributed by atoms with Crippen LogP contribution >= 0.6 is 23.2 Å². The summed E-state index contributed by atoms with van der Waals surface area (Å²) in [5, 5.41) is 24.0. The molecule has 0 radical (unpaired) electrons. The molecule has 0 saturated carbocycles. The number of nitro groups is 2. The lowest BCUT2D eigenvalue weighted by molar-refractivity contribution is -0.559. The molecule has 2 aliphatic rings. The minimum absolute atomic E-state index is 0.512. The number of benzene rings is 2. The molecule has 0 saturated heterocycles. The Hall–Kier alpha value is -4.34. The number of alkyl halides is 6. The Morgan fingerprint density at radius 1 is 0.678 bits per heavy atom. The molecule has 324 valence electrons. The Labute approximate surface area is 341 Å². The molecular formula is C32H30Cl2F6N4O13S2. The Bertz CT molecular complexity index is 2170. The van der Waals surface area contributed by atoms with E-state index in [-0.39, 0.29) is 0 Å². The molecule has 0 spiro atoms. The van der Waals surface area contributed by atoms with E-state index in [2.05, 4.69) is 0 Å². The summed E-state index contributed by atoms with van der Waals surface area (Å²) in [6.07, 6.45) is -15.7. The van der Waals surface area contributed by atoms with E-state index in [0.717, 1.165) is 76.5 Å². The summed E-state index contributed by atoms with van der Waals surface area (Å²) in [5.41, 5.74) is -11.6. The molecule has 17 nitrogen and oxygen atoms in total. The van der Waals surface area contributed by atoms with Gasteiger partial charge in [-0.3, -0.25) is 20.2 Å². The van der Waals surface area contributed by atoms with Gasteiger partial charge in [0.25, 0.3) is 0 Å². The summed E-state index contributed by atoms with van der Waals surface area (Å²) in [7, 11) is -7.43. The lowest BCUT2D eigenvalue weighted by atomic mass is 9.80. The zero-order valence-corrected chi connectivity index (χ0v) is 33.4. The first kappa shape index (κ1) is 47.3. The quantitative estimate of drug-likeness (QED) is 0.0664. The summed E-state index contributed by atoms with van der Waals surface area (Å²) in [4.78, 5) is 23.5. The van der Waals surface area contributed by atoms with Crippen LogP contribution in [0.3, 0.4) is 0 Å². The maximum absolute atomic E-state index is 14.3. The molecule has 0 bridgehead atoms. The molecule has 27 heteroatoms. The molecule has 0 aliphatic heterocycles. The number of nitrogens with zero attached hydrogens (tertiary/aromatic N) is 2. The van der Waals surface area contributed by atoms with Crippen molar-refractivity contribution in [2.45, 2.75) is 62.1 Å². The lowest BCUT2D eigenvalue weighted by Crippen LogP contribution is -2.45. The third kappa shape index (κ3) is 9.68. The van der Waals surface area contributed by atoms with Gasteiger partial charge in [-0.2, -0.15) is 52.6 Å². The molecule has 0 heterocycles. The highest BCUT2D eigenvalue weighted by atomic mass is 35.5. The van der Waals surface area contributed by atoms with E-state index < -0.39 is 123 Å². The van der Waals surface area contributed by atoms with Crippen molar-refractivity contribution in [2.24, 2.45) is 0 Å². The molecule has 0 aromatic heterocycles. The van der Waals surface area contributed by atoms with Gasteiger partial charge in [-0.25, -0.2) is 8.37 Å². The van der Waals surface area contributed by atoms with Crippen LogP contribution in [-0.2, 0) is 66.6 Å². The minimum Gasteiger partial charge on any atom is -0.459 e. The maximum Gasteiger partial charge on any atom is 0.416 e. The standard InChI is InChI=1S/C32H30Cl2F6N4O13S2/c1-17(56-58(49,50)41-3)53-27-25(33)23(13-15-29(27,43(45)46)19-9-5-7-11-21(19)31(35,36)37)55-24-14-16-30(44(47)48,20-10-6-8-12-22(20)32(38,39)40)28(26(24)34)54-18(2)57-59(51,52)42-4/h5-18,23-24,41-42H,1-4H3. The average molecular weight is 928 g/mol. The van der Waals surface area contributed by atoms with Crippen molar-refractivity contribution in [1.29, 1.82) is 0 Å². The number of hydrogen-bond donors (Lipinski definition) is 2. The van der Waals surface area contributed by atoms with Gasteiger partial charge < -0.3 is 14.2 Å². The fourth-order valence-electron chi connectivity index (χ4n) is 5.91. The highest BCUT2D eigenvalue weighted by Gasteiger charge is 2.59. The molecule has 2 N–H and O–H groups in total. The van der Waals surface area contributed by atoms with E-state index in [9.17, 15) is 63.4 Å². The van der Waals surface area contributed by atoms with Crippen LogP contribution in [0.1, 0.15) is 36.1 Å². The molecular weight excluding hydrogens is 897 g/mol. The Balaban J connectivity index is 1.96. The molecule has 6 unspecified atom stereocenters. The first-order valence-electron chi connectivity index (χ1n) is 16.2. The van der Waals surface area contributed by atoms with Gasteiger partial charge in [-0.1, -0.05) is 59.6 Å². The number of rotatable bonds is 16. The largest absolute Gasteiger partial charge is 0.459 e. The molecule has 59 heavy (non-hydrogen) atoms. The summed E-state index contributed by atoms with van der Waals surface area (Å²) in [6.45, 7) is 1.78. The number of halogens is 8. The van der Waals surface area contributed by atoms with Crippen LogP contribution in [0.25, 0.3) is 0 Å². The van der Waals surface area contributed by atoms with E-state index >= 15 is 0 Å². The summed E-state index contributed by atoms with van der Waals surface area (Å²) in [5.74, 6) is -2.36. The van der Waals surface area contributed by atoms with Crippen LogP contribution in [0.5, 0.6) is 0 Å². The van der Waals surface area contributed by atoms with Crippen LogP contribution in [0.4, 0.5) is 26.3 Å². The second kappa shape index (κ2) is 17.3. The Morgan fingerprint density at radius 2 is 1.00 bits per heavy atom. The molecule has 2 aliphatic carbocycles. The average Bonchev–Trinajstić information content (AvgIpc) is 3.13. The van der Waals surface area contributed by atoms with Gasteiger partial charge in [0.15, 0.2) is 0 Å². The fourth-order valence-corrected chi connectivity index (χ4v) is 7.52. The number of ether oxygens (including phenoxy) is 3. The first-order valence-corrected chi connectivity index (χ1v) is 19.8. The van der Waals surface area contributed by atoms with Crippen LogP contribution in [-0.4, -0.2) is 65.6 Å². The van der Waals surface area contributed by atoms with Crippen molar-refractivity contribution in [3.05, 3.63) is 137 Å². The SMILES string of the molecule is CNS(=O)(=O)OC(C)OC1=C(Cl)C(OC2C=CC(c3ccccc3C(F)(F)F)([N+](=O)[O-])C(OC(C)OS(=O)(=O)NC)=C2Cl)C=CC1(c1ccccc1C(F)(F)F)[N+](=O)[O-]. The second-order valence-electron chi connectivity index (χ2n) is 12.1. The van der Waals surface area contributed by atoms with Gasteiger partial charge in [0, 0.05) is 36.1 Å². The van der Waals surface area contributed by atoms with Crippen molar-refractivity contribution in [3.8, 4) is 0 Å². The van der Waals surface area contributed by atoms with Gasteiger partial charge in [-0.15, -0.1) is 0 Å². The monoisotopic (exact) mass is 926 g/mol. The fraction of sp³-hybridized carbons (Fsp3) is 0.375. The third-order valence-corrected chi connectivity index (χ3v) is 11.2. The molecule has 6 atom stereocenters. The summed E-state index contributed by atoms with van der Waals surface area (Å²) in [6, 6.07) is 6.37. The van der Waals surface area contributed by atoms with Crippen LogP contribution in [0.15, 0.2) is 94.4 Å². The lowest BCUT2D eigenvalue weighted by Gasteiger charge is -2.36. The predicted octanol–water partition coefficient (Wildman–Crippen LogP) is 5.85. The van der Waals surface area contributed by atoms with Gasteiger partial charge in [0.1, 0.15) is 12.2 Å². The van der Waals surface area contributed by atoms with Crippen molar-refractivity contribution in [1.82, 2.24) is 9.44 Å². The van der Waals surface area contributed by atoms with Crippen LogP contribution in [0, 0.1) is 20.2 Å². The Morgan fingerprint density at radius 3 is 1.29 bits per heavy atom. The second-order valence-corrected chi connectivity index (χ2v) is 15.9. The van der Waals surface area contributed by atoms with Crippen molar-refractivity contribution in [3.63, 3.8) is 0 Å². The Kier molecular flexibility index (Phi) is 13.9. The number of nitrogens with one attached hydrogen (secondary N) is 2. The van der Waals surface area contributed by atoms with E-state index in [0.29, 0.717) is 24.3 Å². The molecule has 4 rings (SSSR count). The van der Waals surface area contributed by atoms with Crippen molar-refractivity contribution >= 4 is 43.8 Å². The summed E-state index contributed by atoms with van der Waals surface area (Å²) < 4.78 is 164. The van der Waals surface area contributed by atoms with Gasteiger partial charge in [0.05, 0.1) is 32.3 Å². The van der Waals surface area contributed by atoms with E-state index in [4.69, 9.17) is 45.8 Å². The zero-order chi connectivity index (χ0) is 44.5. The third-order valence-electron chi connectivity index (χ3n) is 8.40. The van der Waals surface area contributed by atoms with Crippen molar-refractivity contribution in [2.75, 3.05) is 14.1 Å². The van der Waals surface area contributed by atoms with Crippen LogP contribution in [0.2, 0.25) is 0 Å². The highest BCUT2D eigenvalue weighted by Crippen LogP contribution is 2.50. The minimum atomic E-state index is -5.22. The highest BCUT2D eigenvalue weighted by molar-refractivity contribution is 7.84. The maximum atomic E-state index is 14.3. The number of hydrogen-bond acceptors (Lipinski definition) is 13. The predicted molar refractivity (Wildman–Crippen MR) is 192 cm³/mol. The molecule has 2 aromatic carbocycles. The molecule has 0 amide bonds. The smallest absolute Gasteiger partial charge is 0.416 e. The zero-order valence-electron chi connectivity index (χ0n) is 30.3. The van der Waals surface area contributed by atoms with Crippen LogP contribution < -0.4 is 9.44 Å². The van der Waals surface area contributed by atoms with Gasteiger partial charge in [-0.05, 0) is 38.1 Å². The van der Waals surface area contributed by atoms with E-state index in [1.165, 1.54) is 0 Å². The van der Waals surface area contributed by atoms with Crippen molar-refractivity contribution < 1.29 is 75.6 Å². The molecule has 2 aromatic rings. The van der Waals surface area contributed by atoms with E-state index in [1.807, 2.05) is 0 Å². The van der Waals surface area contributed by atoms with E-state index in [1.54, 1.807) is 9.44 Å². The molecule has 0 fully saturated rings. The van der Waals surface area contributed by atoms with Gasteiger partial charge >= 0.3 is 44.0 Å². The van der Waals surface area contributed by atoms with Gasteiger partial charge in [0.2, 0.25) is 24.1 Å².